The number of halogens is 1. The fourth-order valence-corrected chi connectivity index (χ4v) is 4.82. The fourth-order valence-electron chi connectivity index (χ4n) is 4.02. The zero-order valence-electron chi connectivity index (χ0n) is 18.8. The van der Waals surface area contributed by atoms with Crippen LogP contribution in [0.15, 0.2) is 47.8 Å². The van der Waals surface area contributed by atoms with Gasteiger partial charge in [-0.15, -0.1) is 21.5 Å². The number of fused-ring (bicyclic) bond motifs is 1. The first-order valence-corrected chi connectivity index (χ1v) is 12.2. The maximum absolute atomic E-state index is 14.6. The van der Waals surface area contributed by atoms with Crippen LogP contribution in [0, 0.1) is 5.82 Å². The number of anilines is 1. The molecule has 0 fully saturated rings. The number of amides is 1. The first-order valence-electron chi connectivity index (χ1n) is 11.3. The molecule has 0 unspecified atom stereocenters. The number of hydrogen-bond donors (Lipinski definition) is 1. The minimum atomic E-state index is -0.519. The number of thiazole rings is 1. The van der Waals surface area contributed by atoms with E-state index in [2.05, 4.69) is 25.1 Å². The molecule has 1 N–H and O–H groups in total. The van der Waals surface area contributed by atoms with Crippen LogP contribution in [0.5, 0.6) is 5.75 Å². The second-order valence-corrected chi connectivity index (χ2v) is 8.90. The van der Waals surface area contributed by atoms with Gasteiger partial charge >= 0.3 is 0 Å². The van der Waals surface area contributed by atoms with Crippen molar-refractivity contribution >= 4 is 22.9 Å². The molecule has 1 amide bonds. The standard InChI is InChI=1S/C25H24FN5O2S/c1-2-33-18-10-7-16(8-11-18)25-28-21(15-34-25)24(32)27-20-14-17(9-12-19(20)26)23-30-29-22-6-4-3-5-13-31(22)23/h7-12,14-15H,2-6,13H2,1H3,(H,27,32). The number of rotatable bonds is 6. The summed E-state index contributed by atoms with van der Waals surface area (Å²) in [5.74, 6) is 1.44. The van der Waals surface area contributed by atoms with Gasteiger partial charge < -0.3 is 14.6 Å². The number of nitrogens with zero attached hydrogens (tertiary/aromatic N) is 4. The van der Waals surface area contributed by atoms with Crippen LogP contribution in [0.25, 0.3) is 22.0 Å². The van der Waals surface area contributed by atoms with Gasteiger partial charge in [0.25, 0.3) is 5.91 Å². The number of nitrogens with one attached hydrogen (secondary N) is 1. The van der Waals surface area contributed by atoms with E-state index in [-0.39, 0.29) is 11.4 Å². The number of hydrogen-bond acceptors (Lipinski definition) is 6. The monoisotopic (exact) mass is 477 g/mol. The molecular formula is C25H24FN5O2S. The highest BCUT2D eigenvalue weighted by Crippen LogP contribution is 2.29. The van der Waals surface area contributed by atoms with Crippen LogP contribution in [-0.2, 0) is 13.0 Å². The minimum absolute atomic E-state index is 0.0871. The molecule has 2 aromatic carbocycles. The lowest BCUT2D eigenvalue weighted by Gasteiger charge is -2.10. The van der Waals surface area contributed by atoms with Gasteiger partial charge in [-0.1, -0.05) is 6.42 Å². The number of ether oxygens (including phenoxy) is 1. The molecule has 0 saturated heterocycles. The molecular weight excluding hydrogens is 453 g/mol. The number of benzene rings is 2. The van der Waals surface area contributed by atoms with Crippen LogP contribution in [0.2, 0.25) is 0 Å². The molecule has 5 rings (SSSR count). The van der Waals surface area contributed by atoms with Crippen molar-refractivity contribution in [2.24, 2.45) is 0 Å². The number of aryl methyl sites for hydroxylation is 1. The van der Waals surface area contributed by atoms with Crippen molar-refractivity contribution in [3.05, 3.63) is 65.2 Å². The van der Waals surface area contributed by atoms with Crippen LogP contribution in [-0.4, -0.2) is 32.3 Å². The van der Waals surface area contributed by atoms with E-state index in [0.29, 0.717) is 23.0 Å². The van der Waals surface area contributed by atoms with E-state index in [9.17, 15) is 9.18 Å². The van der Waals surface area contributed by atoms with E-state index >= 15 is 0 Å². The topological polar surface area (TPSA) is 81.9 Å². The fraction of sp³-hybridized carbons (Fsp3) is 0.280. The van der Waals surface area contributed by atoms with Gasteiger partial charge in [-0.25, -0.2) is 9.37 Å². The highest BCUT2D eigenvalue weighted by Gasteiger charge is 2.19. The van der Waals surface area contributed by atoms with Crippen molar-refractivity contribution < 1.29 is 13.9 Å². The summed E-state index contributed by atoms with van der Waals surface area (Å²) in [4.78, 5) is 17.3. The average Bonchev–Trinajstić information content (AvgIpc) is 3.43. The molecule has 9 heteroatoms. The van der Waals surface area contributed by atoms with Crippen molar-refractivity contribution in [2.75, 3.05) is 11.9 Å². The molecule has 0 atom stereocenters. The van der Waals surface area contributed by atoms with E-state index in [1.54, 1.807) is 17.5 Å². The Morgan fingerprint density at radius 3 is 2.76 bits per heavy atom. The smallest absolute Gasteiger partial charge is 0.275 e. The second kappa shape index (κ2) is 9.72. The third-order valence-corrected chi connectivity index (χ3v) is 6.62. The first kappa shape index (κ1) is 22.2. The molecule has 1 aliphatic rings. The van der Waals surface area contributed by atoms with E-state index in [1.807, 2.05) is 31.2 Å². The van der Waals surface area contributed by atoms with Crippen molar-refractivity contribution in [2.45, 2.75) is 39.2 Å². The zero-order chi connectivity index (χ0) is 23.5. The second-order valence-electron chi connectivity index (χ2n) is 8.05. The molecule has 7 nitrogen and oxygen atoms in total. The van der Waals surface area contributed by atoms with Gasteiger partial charge in [0.15, 0.2) is 5.82 Å². The first-order chi connectivity index (χ1) is 16.6. The van der Waals surface area contributed by atoms with Crippen molar-refractivity contribution in [1.82, 2.24) is 19.7 Å². The van der Waals surface area contributed by atoms with Gasteiger partial charge in [0.2, 0.25) is 0 Å². The molecule has 4 aromatic rings. The summed E-state index contributed by atoms with van der Waals surface area (Å²) in [7, 11) is 0. The summed E-state index contributed by atoms with van der Waals surface area (Å²) in [5, 5.41) is 13.7. The van der Waals surface area contributed by atoms with Crippen LogP contribution < -0.4 is 10.1 Å². The summed E-state index contributed by atoms with van der Waals surface area (Å²) in [5.41, 5.74) is 1.91. The predicted octanol–water partition coefficient (Wildman–Crippen LogP) is 5.59. The summed E-state index contributed by atoms with van der Waals surface area (Å²) >= 11 is 1.36. The maximum Gasteiger partial charge on any atom is 0.275 e. The third-order valence-electron chi connectivity index (χ3n) is 5.73. The largest absolute Gasteiger partial charge is 0.494 e. The molecule has 174 valence electrons. The number of carbonyl (C=O) groups excluding carboxylic acids is 1. The Bertz CT molecular complexity index is 1320. The Hall–Kier alpha value is -3.59. The van der Waals surface area contributed by atoms with E-state index in [0.717, 1.165) is 49.4 Å². The normalized spacial score (nSPS) is 13.2. The Balaban J connectivity index is 1.35. The van der Waals surface area contributed by atoms with Gasteiger partial charge in [-0.3, -0.25) is 4.79 Å². The average molecular weight is 478 g/mol. The molecule has 0 saturated carbocycles. The summed E-state index contributed by atoms with van der Waals surface area (Å²) in [6.45, 7) is 3.36. The minimum Gasteiger partial charge on any atom is -0.494 e. The van der Waals surface area contributed by atoms with Gasteiger partial charge in [0, 0.05) is 29.5 Å². The number of carbonyl (C=O) groups is 1. The lowest BCUT2D eigenvalue weighted by Crippen LogP contribution is -2.13. The van der Waals surface area contributed by atoms with Crippen LogP contribution in [0.4, 0.5) is 10.1 Å². The lowest BCUT2D eigenvalue weighted by atomic mass is 10.1. The summed E-state index contributed by atoms with van der Waals surface area (Å²) in [6, 6.07) is 12.1. The van der Waals surface area contributed by atoms with Crippen LogP contribution >= 0.6 is 11.3 Å². The van der Waals surface area contributed by atoms with E-state index in [1.165, 1.54) is 17.4 Å². The Kier molecular flexibility index (Phi) is 6.35. The zero-order valence-corrected chi connectivity index (χ0v) is 19.6. The van der Waals surface area contributed by atoms with Crippen molar-refractivity contribution in [3.63, 3.8) is 0 Å². The Labute approximate surface area is 200 Å². The van der Waals surface area contributed by atoms with E-state index < -0.39 is 11.7 Å². The summed E-state index contributed by atoms with van der Waals surface area (Å²) in [6.07, 6.45) is 4.19. The Morgan fingerprint density at radius 1 is 1.12 bits per heavy atom. The molecule has 1 aliphatic heterocycles. The van der Waals surface area contributed by atoms with Gasteiger partial charge in [0.05, 0.1) is 12.3 Å². The molecule has 2 aromatic heterocycles. The van der Waals surface area contributed by atoms with Gasteiger partial charge in [-0.05, 0) is 62.2 Å². The highest BCUT2D eigenvalue weighted by atomic mass is 32.1. The maximum atomic E-state index is 14.6. The van der Waals surface area contributed by atoms with Crippen molar-refractivity contribution in [3.8, 4) is 27.7 Å². The molecule has 0 aliphatic carbocycles. The number of aromatic nitrogens is 4. The Morgan fingerprint density at radius 2 is 1.94 bits per heavy atom. The molecule has 0 spiro atoms. The van der Waals surface area contributed by atoms with Crippen LogP contribution in [0.3, 0.4) is 0 Å². The molecule has 0 bridgehead atoms. The third kappa shape index (κ3) is 4.56. The van der Waals surface area contributed by atoms with E-state index in [4.69, 9.17) is 4.74 Å². The molecule has 3 heterocycles. The highest BCUT2D eigenvalue weighted by molar-refractivity contribution is 7.13. The predicted molar refractivity (Wildman–Crippen MR) is 130 cm³/mol. The molecule has 34 heavy (non-hydrogen) atoms. The molecule has 0 radical (unpaired) electrons. The summed E-state index contributed by atoms with van der Waals surface area (Å²) < 4.78 is 22.1. The lowest BCUT2D eigenvalue weighted by molar-refractivity contribution is 0.102. The van der Waals surface area contributed by atoms with Gasteiger partial charge in [0.1, 0.15) is 28.1 Å². The van der Waals surface area contributed by atoms with Crippen LogP contribution in [0.1, 0.15) is 42.5 Å². The van der Waals surface area contributed by atoms with Crippen molar-refractivity contribution in [1.29, 1.82) is 0 Å². The SMILES string of the molecule is CCOc1ccc(-c2nc(C(=O)Nc3cc(-c4nnc5n4CCCCC5)ccc3F)cs2)cc1. The van der Waals surface area contributed by atoms with Gasteiger partial charge in [-0.2, -0.15) is 0 Å². The quantitative estimate of drug-likeness (QED) is 0.392.